The summed E-state index contributed by atoms with van der Waals surface area (Å²) in [5.41, 5.74) is 5.99. The van der Waals surface area contributed by atoms with Crippen molar-refractivity contribution in [1.82, 2.24) is 4.98 Å². The first kappa shape index (κ1) is 11.4. The van der Waals surface area contributed by atoms with Crippen molar-refractivity contribution in [3.63, 3.8) is 0 Å². The standard InChI is InChI=1S/C10H13Br2N3/c11-7-3-8(12)10(14-4-7)15-5-9(13)6-1-2-6/h3-4,6,9H,1-2,5,13H2,(H,14,15). The number of nitrogens with zero attached hydrogens (tertiary/aromatic N) is 1. The number of aromatic nitrogens is 1. The van der Waals surface area contributed by atoms with Gasteiger partial charge in [-0.25, -0.2) is 4.98 Å². The van der Waals surface area contributed by atoms with Gasteiger partial charge in [0.15, 0.2) is 0 Å². The van der Waals surface area contributed by atoms with E-state index >= 15 is 0 Å². The molecule has 1 aromatic heterocycles. The summed E-state index contributed by atoms with van der Waals surface area (Å²) in [6.45, 7) is 0.790. The zero-order valence-electron chi connectivity index (χ0n) is 8.21. The fraction of sp³-hybridized carbons (Fsp3) is 0.500. The molecule has 0 aromatic carbocycles. The van der Waals surface area contributed by atoms with E-state index in [-0.39, 0.29) is 6.04 Å². The average Bonchev–Trinajstić information content (AvgIpc) is 2.99. The summed E-state index contributed by atoms with van der Waals surface area (Å²) < 4.78 is 1.92. The Balaban J connectivity index is 1.92. The predicted octanol–water partition coefficient (Wildman–Crippen LogP) is 2.76. The van der Waals surface area contributed by atoms with Crippen LogP contribution in [0.25, 0.3) is 0 Å². The van der Waals surface area contributed by atoms with Crippen LogP contribution in [0.15, 0.2) is 21.2 Å². The lowest BCUT2D eigenvalue weighted by Gasteiger charge is -2.12. The summed E-state index contributed by atoms with van der Waals surface area (Å²) in [4.78, 5) is 4.27. The molecule has 15 heavy (non-hydrogen) atoms. The van der Waals surface area contributed by atoms with Gasteiger partial charge >= 0.3 is 0 Å². The van der Waals surface area contributed by atoms with E-state index in [9.17, 15) is 0 Å². The molecule has 0 radical (unpaired) electrons. The van der Waals surface area contributed by atoms with Crippen molar-refractivity contribution in [2.24, 2.45) is 11.7 Å². The third kappa shape index (κ3) is 3.16. The minimum absolute atomic E-state index is 0.252. The molecule has 0 aliphatic heterocycles. The predicted molar refractivity (Wildman–Crippen MR) is 68.8 cm³/mol. The van der Waals surface area contributed by atoms with Gasteiger partial charge in [0.05, 0.1) is 4.47 Å². The third-order valence-electron chi connectivity index (χ3n) is 2.54. The smallest absolute Gasteiger partial charge is 0.140 e. The van der Waals surface area contributed by atoms with E-state index in [1.807, 2.05) is 6.07 Å². The quantitative estimate of drug-likeness (QED) is 0.890. The van der Waals surface area contributed by atoms with E-state index in [0.29, 0.717) is 5.92 Å². The topological polar surface area (TPSA) is 50.9 Å². The largest absolute Gasteiger partial charge is 0.368 e. The fourth-order valence-corrected chi connectivity index (χ4v) is 2.58. The zero-order valence-corrected chi connectivity index (χ0v) is 11.4. The summed E-state index contributed by atoms with van der Waals surface area (Å²) in [7, 11) is 0. The summed E-state index contributed by atoms with van der Waals surface area (Å²) >= 11 is 6.82. The Hall–Kier alpha value is -0.130. The first-order valence-corrected chi connectivity index (χ1v) is 6.56. The van der Waals surface area contributed by atoms with Gasteiger partial charge in [0.2, 0.25) is 0 Å². The molecule has 3 N–H and O–H groups in total. The lowest BCUT2D eigenvalue weighted by Crippen LogP contribution is -2.31. The van der Waals surface area contributed by atoms with Crippen LogP contribution < -0.4 is 11.1 Å². The molecule has 0 saturated heterocycles. The van der Waals surface area contributed by atoms with E-state index < -0.39 is 0 Å². The monoisotopic (exact) mass is 333 g/mol. The van der Waals surface area contributed by atoms with Crippen LogP contribution in [-0.2, 0) is 0 Å². The van der Waals surface area contributed by atoms with Crippen LogP contribution >= 0.6 is 31.9 Å². The lowest BCUT2D eigenvalue weighted by molar-refractivity contribution is 0.620. The average molecular weight is 335 g/mol. The first-order chi connectivity index (χ1) is 7.16. The fourth-order valence-electron chi connectivity index (χ4n) is 1.45. The van der Waals surface area contributed by atoms with Gasteiger partial charge in [-0.05, 0) is 56.7 Å². The van der Waals surface area contributed by atoms with Crippen LogP contribution in [0, 0.1) is 5.92 Å². The van der Waals surface area contributed by atoms with Crippen molar-refractivity contribution in [2.75, 3.05) is 11.9 Å². The molecular formula is C10H13Br2N3. The highest BCUT2D eigenvalue weighted by Crippen LogP contribution is 2.32. The van der Waals surface area contributed by atoms with Crippen LogP contribution in [0.3, 0.4) is 0 Å². The molecule has 1 atom stereocenters. The van der Waals surface area contributed by atoms with Crippen LogP contribution in [-0.4, -0.2) is 17.6 Å². The highest BCUT2D eigenvalue weighted by atomic mass is 79.9. The first-order valence-electron chi connectivity index (χ1n) is 4.97. The minimum Gasteiger partial charge on any atom is -0.368 e. The molecule has 1 saturated carbocycles. The van der Waals surface area contributed by atoms with Crippen molar-refractivity contribution in [2.45, 2.75) is 18.9 Å². The van der Waals surface area contributed by atoms with Gasteiger partial charge in [0, 0.05) is 23.3 Å². The molecule has 1 aliphatic carbocycles. The maximum absolute atomic E-state index is 5.99. The molecular weight excluding hydrogens is 322 g/mol. The number of anilines is 1. The molecule has 0 spiro atoms. The maximum Gasteiger partial charge on any atom is 0.140 e. The Kier molecular flexibility index (Phi) is 3.64. The van der Waals surface area contributed by atoms with E-state index in [1.54, 1.807) is 6.20 Å². The van der Waals surface area contributed by atoms with Crippen molar-refractivity contribution in [1.29, 1.82) is 0 Å². The van der Waals surface area contributed by atoms with Gasteiger partial charge < -0.3 is 11.1 Å². The number of rotatable bonds is 4. The van der Waals surface area contributed by atoms with Gasteiger partial charge in [0.25, 0.3) is 0 Å². The lowest BCUT2D eigenvalue weighted by atomic mass is 10.2. The second-order valence-electron chi connectivity index (χ2n) is 3.87. The molecule has 82 valence electrons. The van der Waals surface area contributed by atoms with Gasteiger partial charge in [-0.1, -0.05) is 0 Å². The van der Waals surface area contributed by atoms with Gasteiger partial charge in [-0.15, -0.1) is 0 Å². The van der Waals surface area contributed by atoms with Crippen molar-refractivity contribution in [3.8, 4) is 0 Å². The second kappa shape index (κ2) is 4.80. The normalized spacial score (nSPS) is 17.5. The van der Waals surface area contributed by atoms with Crippen LogP contribution in [0.4, 0.5) is 5.82 Å². The molecule has 1 unspecified atom stereocenters. The summed E-state index contributed by atoms with van der Waals surface area (Å²) in [6, 6.07) is 2.22. The Morgan fingerprint density at radius 3 is 2.87 bits per heavy atom. The molecule has 0 amide bonds. The summed E-state index contributed by atoms with van der Waals surface area (Å²) in [6.07, 6.45) is 4.32. The molecule has 1 aromatic rings. The number of halogens is 2. The van der Waals surface area contributed by atoms with Crippen LogP contribution in [0.2, 0.25) is 0 Å². The van der Waals surface area contributed by atoms with E-state index in [4.69, 9.17) is 5.73 Å². The van der Waals surface area contributed by atoms with Crippen molar-refractivity contribution < 1.29 is 0 Å². The highest BCUT2D eigenvalue weighted by molar-refractivity contribution is 9.11. The van der Waals surface area contributed by atoms with Gasteiger partial charge in [-0.2, -0.15) is 0 Å². The number of nitrogens with two attached hydrogens (primary N) is 1. The molecule has 3 nitrogen and oxygen atoms in total. The molecule has 2 rings (SSSR count). The summed E-state index contributed by atoms with van der Waals surface area (Å²) in [5.74, 6) is 1.57. The van der Waals surface area contributed by atoms with Crippen LogP contribution in [0.5, 0.6) is 0 Å². The summed E-state index contributed by atoms with van der Waals surface area (Å²) in [5, 5.41) is 3.26. The van der Waals surface area contributed by atoms with Crippen LogP contribution in [0.1, 0.15) is 12.8 Å². The Labute approximate surface area is 106 Å². The molecule has 1 aliphatic rings. The highest BCUT2D eigenvalue weighted by Gasteiger charge is 2.28. The maximum atomic E-state index is 5.99. The van der Waals surface area contributed by atoms with Crippen molar-refractivity contribution in [3.05, 3.63) is 21.2 Å². The Bertz CT molecular complexity index is 353. The zero-order chi connectivity index (χ0) is 10.8. The Morgan fingerprint density at radius 1 is 1.53 bits per heavy atom. The second-order valence-corrected chi connectivity index (χ2v) is 5.64. The number of pyridine rings is 1. The third-order valence-corrected chi connectivity index (χ3v) is 3.58. The molecule has 5 heteroatoms. The molecule has 0 bridgehead atoms. The molecule has 1 fully saturated rings. The SMILES string of the molecule is NC(CNc1ncc(Br)cc1Br)C1CC1. The minimum atomic E-state index is 0.252. The number of hydrogen-bond donors (Lipinski definition) is 2. The van der Waals surface area contributed by atoms with E-state index in [1.165, 1.54) is 12.8 Å². The van der Waals surface area contributed by atoms with Gasteiger partial charge in [-0.3, -0.25) is 0 Å². The van der Waals surface area contributed by atoms with E-state index in [2.05, 4.69) is 42.2 Å². The van der Waals surface area contributed by atoms with Gasteiger partial charge in [0.1, 0.15) is 5.82 Å². The van der Waals surface area contributed by atoms with E-state index in [0.717, 1.165) is 21.3 Å². The number of hydrogen-bond acceptors (Lipinski definition) is 3. The van der Waals surface area contributed by atoms with Crippen molar-refractivity contribution >= 4 is 37.7 Å². The number of nitrogens with one attached hydrogen (secondary N) is 1. The molecule has 1 heterocycles. The Morgan fingerprint density at radius 2 is 2.27 bits per heavy atom.